The molecule has 0 saturated carbocycles. The van der Waals surface area contributed by atoms with E-state index in [2.05, 4.69) is 10.5 Å². The summed E-state index contributed by atoms with van der Waals surface area (Å²) in [5, 5.41) is 3.66. The predicted molar refractivity (Wildman–Crippen MR) is 44.9 cm³/mol. The molecule has 3 N–H and O–H groups in total. The van der Waals surface area contributed by atoms with Crippen molar-refractivity contribution in [1.82, 2.24) is 5.43 Å². The number of ether oxygens (including phenoxy) is 1. The van der Waals surface area contributed by atoms with E-state index >= 15 is 0 Å². The van der Waals surface area contributed by atoms with Gasteiger partial charge < -0.3 is 10.5 Å². The molecule has 1 fully saturated rings. The molecule has 1 unspecified atom stereocenters. The van der Waals surface area contributed by atoms with E-state index in [4.69, 9.17) is 10.5 Å². The fraction of sp³-hybridized carbons (Fsp3) is 0.571. The summed E-state index contributed by atoms with van der Waals surface area (Å²) in [7, 11) is 0. The number of hydrazone groups is 1. The van der Waals surface area contributed by atoms with Crippen LogP contribution in [0, 0.1) is 0 Å². The maximum absolute atomic E-state index is 10.7. The van der Waals surface area contributed by atoms with E-state index < -0.39 is 6.03 Å². The van der Waals surface area contributed by atoms with Crippen LogP contribution in [-0.2, 0) is 9.53 Å². The summed E-state index contributed by atoms with van der Waals surface area (Å²) in [6.45, 7) is 1.67. The molecule has 1 aliphatic heterocycles. The van der Waals surface area contributed by atoms with Gasteiger partial charge in [-0.3, -0.25) is 4.79 Å². The minimum atomic E-state index is -0.733. The first-order valence-corrected chi connectivity index (χ1v) is 3.88. The highest BCUT2D eigenvalue weighted by Gasteiger charge is 2.25. The van der Waals surface area contributed by atoms with Crippen LogP contribution >= 0.6 is 0 Å². The molecule has 0 spiro atoms. The Morgan fingerprint density at radius 1 is 1.77 bits per heavy atom. The van der Waals surface area contributed by atoms with E-state index in [1.54, 1.807) is 6.92 Å². The zero-order chi connectivity index (χ0) is 9.84. The first-order valence-electron chi connectivity index (χ1n) is 3.88. The van der Waals surface area contributed by atoms with Gasteiger partial charge in [0.1, 0.15) is 6.10 Å². The van der Waals surface area contributed by atoms with Crippen molar-refractivity contribution in [3.8, 4) is 0 Å². The molecule has 0 aromatic heterocycles. The monoisotopic (exact) mass is 185 g/mol. The third-order valence-corrected chi connectivity index (χ3v) is 1.69. The van der Waals surface area contributed by atoms with E-state index in [0.29, 0.717) is 18.6 Å². The summed E-state index contributed by atoms with van der Waals surface area (Å²) in [6.07, 6.45) is 0.683. The van der Waals surface area contributed by atoms with Crippen molar-refractivity contribution in [3.05, 3.63) is 0 Å². The van der Waals surface area contributed by atoms with E-state index in [1.807, 2.05) is 0 Å². The summed E-state index contributed by atoms with van der Waals surface area (Å²) in [5.41, 5.74) is 7.42. The molecule has 6 heteroatoms. The molecule has 1 heterocycles. The molecule has 0 aliphatic carbocycles. The highest BCUT2D eigenvalue weighted by atomic mass is 16.5. The molecular formula is C7H11N3O3. The van der Waals surface area contributed by atoms with Gasteiger partial charge in [-0.15, -0.1) is 0 Å². The summed E-state index contributed by atoms with van der Waals surface area (Å²) >= 11 is 0. The Kier molecular flexibility index (Phi) is 2.84. The zero-order valence-electron chi connectivity index (χ0n) is 7.24. The minimum absolute atomic E-state index is 0.237. The molecule has 72 valence electrons. The lowest BCUT2D eigenvalue weighted by Crippen LogP contribution is -2.28. The largest absolute Gasteiger partial charge is 0.456 e. The molecule has 6 nitrogen and oxygen atoms in total. The van der Waals surface area contributed by atoms with Crippen molar-refractivity contribution in [2.24, 2.45) is 10.8 Å². The number of primary amides is 1. The Labute approximate surface area is 75.1 Å². The summed E-state index contributed by atoms with van der Waals surface area (Å²) in [6, 6.07) is -0.733. The van der Waals surface area contributed by atoms with Crippen LogP contribution in [0.3, 0.4) is 0 Å². The van der Waals surface area contributed by atoms with Crippen molar-refractivity contribution in [1.29, 1.82) is 0 Å². The predicted octanol–water partition coefficient (Wildman–Crippen LogP) is -0.264. The van der Waals surface area contributed by atoms with Crippen molar-refractivity contribution in [2.45, 2.75) is 25.9 Å². The van der Waals surface area contributed by atoms with Gasteiger partial charge in [0, 0.05) is 12.8 Å². The second kappa shape index (κ2) is 3.88. The van der Waals surface area contributed by atoms with E-state index in [-0.39, 0.29) is 12.1 Å². The number of rotatable bonds is 2. The SMILES string of the molecule is C/C(=N\NC(N)=O)C1CCC(=O)O1. The smallest absolute Gasteiger partial charge is 0.332 e. The van der Waals surface area contributed by atoms with Crippen LogP contribution in [0.5, 0.6) is 0 Å². The van der Waals surface area contributed by atoms with Gasteiger partial charge in [-0.05, 0) is 6.92 Å². The lowest BCUT2D eigenvalue weighted by molar-refractivity contribution is -0.139. The summed E-state index contributed by atoms with van der Waals surface area (Å²) in [5.74, 6) is -0.237. The molecule has 1 atom stereocenters. The number of carbonyl (C=O) groups excluding carboxylic acids is 2. The highest BCUT2D eigenvalue weighted by molar-refractivity contribution is 5.91. The lowest BCUT2D eigenvalue weighted by atomic mass is 10.2. The Bertz CT molecular complexity index is 262. The fourth-order valence-electron chi connectivity index (χ4n) is 1.03. The highest BCUT2D eigenvalue weighted by Crippen LogP contribution is 2.14. The lowest BCUT2D eigenvalue weighted by Gasteiger charge is -2.07. The van der Waals surface area contributed by atoms with Crippen LogP contribution < -0.4 is 11.2 Å². The average Bonchev–Trinajstić information content (AvgIpc) is 2.47. The Balaban J connectivity index is 2.47. The van der Waals surface area contributed by atoms with E-state index in [9.17, 15) is 9.59 Å². The normalized spacial score (nSPS) is 22.7. The number of urea groups is 1. The van der Waals surface area contributed by atoms with Crippen molar-refractivity contribution >= 4 is 17.7 Å². The molecule has 0 radical (unpaired) electrons. The van der Waals surface area contributed by atoms with Gasteiger partial charge in [-0.25, -0.2) is 10.2 Å². The van der Waals surface area contributed by atoms with Crippen LogP contribution in [0.25, 0.3) is 0 Å². The van der Waals surface area contributed by atoms with Crippen LogP contribution in [0.2, 0.25) is 0 Å². The van der Waals surface area contributed by atoms with E-state index in [1.165, 1.54) is 0 Å². The zero-order valence-corrected chi connectivity index (χ0v) is 7.24. The van der Waals surface area contributed by atoms with Gasteiger partial charge in [0.2, 0.25) is 0 Å². The maximum atomic E-state index is 10.7. The maximum Gasteiger partial charge on any atom is 0.332 e. The van der Waals surface area contributed by atoms with Crippen LogP contribution in [0.4, 0.5) is 4.79 Å². The number of nitrogens with two attached hydrogens (primary N) is 1. The van der Waals surface area contributed by atoms with Gasteiger partial charge in [-0.2, -0.15) is 5.10 Å². The molecule has 13 heavy (non-hydrogen) atoms. The number of hydrogen-bond acceptors (Lipinski definition) is 4. The van der Waals surface area contributed by atoms with Crippen molar-refractivity contribution in [2.75, 3.05) is 0 Å². The molecule has 0 aromatic carbocycles. The van der Waals surface area contributed by atoms with Crippen molar-refractivity contribution in [3.63, 3.8) is 0 Å². The second-order valence-corrected chi connectivity index (χ2v) is 2.75. The van der Waals surface area contributed by atoms with Crippen LogP contribution in [0.15, 0.2) is 5.10 Å². The van der Waals surface area contributed by atoms with Crippen LogP contribution in [-0.4, -0.2) is 23.8 Å². The average molecular weight is 185 g/mol. The van der Waals surface area contributed by atoms with Gasteiger partial charge in [0.15, 0.2) is 0 Å². The molecule has 1 rings (SSSR count). The van der Waals surface area contributed by atoms with Crippen molar-refractivity contribution < 1.29 is 14.3 Å². The Morgan fingerprint density at radius 3 is 2.92 bits per heavy atom. The topological polar surface area (TPSA) is 93.8 Å². The summed E-state index contributed by atoms with van der Waals surface area (Å²) < 4.78 is 4.89. The third-order valence-electron chi connectivity index (χ3n) is 1.69. The minimum Gasteiger partial charge on any atom is -0.456 e. The standard InChI is InChI=1S/C7H11N3O3/c1-4(9-10-7(8)12)5-2-3-6(11)13-5/h5H,2-3H2,1H3,(H3,8,10,12)/b9-4+. The molecule has 2 amide bonds. The summed E-state index contributed by atoms with van der Waals surface area (Å²) in [4.78, 5) is 21.0. The van der Waals surface area contributed by atoms with Gasteiger partial charge in [-0.1, -0.05) is 0 Å². The number of nitrogens with one attached hydrogen (secondary N) is 1. The quantitative estimate of drug-likeness (QED) is 0.352. The molecule has 0 bridgehead atoms. The van der Waals surface area contributed by atoms with E-state index in [0.717, 1.165) is 0 Å². The molecular weight excluding hydrogens is 174 g/mol. The number of carbonyl (C=O) groups is 2. The number of cyclic esters (lactones) is 1. The molecule has 1 aliphatic rings. The first kappa shape index (κ1) is 9.50. The van der Waals surface area contributed by atoms with Gasteiger partial charge in [0.25, 0.3) is 0 Å². The molecule has 0 aromatic rings. The number of nitrogens with zero attached hydrogens (tertiary/aromatic N) is 1. The number of amides is 2. The second-order valence-electron chi connectivity index (χ2n) is 2.75. The number of esters is 1. The first-order chi connectivity index (χ1) is 6.09. The van der Waals surface area contributed by atoms with Gasteiger partial charge >= 0.3 is 12.0 Å². The Hall–Kier alpha value is -1.59. The van der Waals surface area contributed by atoms with Gasteiger partial charge in [0.05, 0.1) is 5.71 Å². The fourth-order valence-corrected chi connectivity index (χ4v) is 1.03. The third kappa shape index (κ3) is 2.73. The number of hydrogen-bond donors (Lipinski definition) is 2. The van der Waals surface area contributed by atoms with Crippen LogP contribution in [0.1, 0.15) is 19.8 Å². The molecule has 1 saturated heterocycles. The Morgan fingerprint density at radius 2 is 2.46 bits per heavy atom.